The molecule has 1 N–H and O–H groups in total. The minimum absolute atomic E-state index is 0.135. The highest BCUT2D eigenvalue weighted by molar-refractivity contribution is 6.29. The molecule has 2 heterocycles. The summed E-state index contributed by atoms with van der Waals surface area (Å²) in [5, 5.41) is 7.90. The number of aryl methyl sites for hydroxylation is 1. The molecule has 0 aliphatic rings. The van der Waals surface area contributed by atoms with Crippen molar-refractivity contribution >= 4 is 17.4 Å². The van der Waals surface area contributed by atoms with Crippen LogP contribution >= 0.6 is 11.6 Å². The Morgan fingerprint density at radius 2 is 2.05 bits per heavy atom. The molecule has 0 amide bonds. The van der Waals surface area contributed by atoms with Crippen LogP contribution in [0.2, 0.25) is 5.15 Å². The molecule has 0 aromatic carbocycles. The predicted octanol–water partition coefficient (Wildman–Crippen LogP) is 2.21. The lowest BCUT2D eigenvalue weighted by molar-refractivity contribution is 0.546. The van der Waals surface area contributed by atoms with Crippen LogP contribution in [0.4, 0.5) is 5.82 Å². The molecule has 20 heavy (non-hydrogen) atoms. The number of anilines is 1. The van der Waals surface area contributed by atoms with Gasteiger partial charge < -0.3 is 5.32 Å². The minimum atomic E-state index is -0.135. The van der Waals surface area contributed by atoms with Gasteiger partial charge in [0.1, 0.15) is 23.1 Å². The zero-order valence-corrected chi connectivity index (χ0v) is 12.9. The highest BCUT2D eigenvalue weighted by Gasteiger charge is 2.18. The Kier molecular flexibility index (Phi) is 4.23. The summed E-state index contributed by atoms with van der Waals surface area (Å²) in [4.78, 5) is 12.9. The summed E-state index contributed by atoms with van der Waals surface area (Å²) in [5.41, 5.74) is -0.135. The molecule has 7 heteroatoms. The molecule has 0 saturated carbocycles. The summed E-state index contributed by atoms with van der Waals surface area (Å²) < 4.78 is 1.69. The Labute approximate surface area is 123 Å². The van der Waals surface area contributed by atoms with Gasteiger partial charge in [-0.1, -0.05) is 32.4 Å². The zero-order valence-electron chi connectivity index (χ0n) is 12.2. The summed E-state index contributed by atoms with van der Waals surface area (Å²) in [6.45, 7) is 6.86. The first kappa shape index (κ1) is 14.7. The SMILES string of the molecule is Cn1cnc(CCNc2cc(Cl)nc(C(C)(C)C)n2)n1. The normalized spacial score (nSPS) is 11.7. The van der Waals surface area contributed by atoms with Crippen LogP contribution in [0.5, 0.6) is 0 Å². The van der Waals surface area contributed by atoms with E-state index in [1.165, 1.54) is 0 Å². The summed E-state index contributed by atoms with van der Waals surface area (Å²) >= 11 is 6.04. The number of hydrogen-bond donors (Lipinski definition) is 1. The molecule has 2 rings (SSSR count). The molecule has 0 aliphatic carbocycles. The van der Waals surface area contributed by atoms with E-state index in [2.05, 4.69) is 46.1 Å². The van der Waals surface area contributed by atoms with Crippen molar-refractivity contribution in [3.8, 4) is 0 Å². The van der Waals surface area contributed by atoms with Crippen molar-refractivity contribution in [3.05, 3.63) is 29.2 Å². The van der Waals surface area contributed by atoms with Crippen LogP contribution in [0.1, 0.15) is 32.4 Å². The number of halogens is 1. The first-order valence-electron chi connectivity index (χ1n) is 6.48. The molecule has 0 radical (unpaired) electrons. The number of aromatic nitrogens is 5. The van der Waals surface area contributed by atoms with E-state index in [0.29, 0.717) is 11.7 Å². The molecule has 108 valence electrons. The molecule has 0 aliphatic heterocycles. The van der Waals surface area contributed by atoms with Gasteiger partial charge in [0.2, 0.25) is 0 Å². The van der Waals surface area contributed by atoms with Crippen LogP contribution in [0.15, 0.2) is 12.4 Å². The van der Waals surface area contributed by atoms with E-state index in [0.717, 1.165) is 23.9 Å². The van der Waals surface area contributed by atoms with E-state index in [4.69, 9.17) is 11.6 Å². The summed E-state index contributed by atoms with van der Waals surface area (Å²) in [6, 6.07) is 1.72. The fourth-order valence-electron chi connectivity index (χ4n) is 1.64. The molecule has 0 spiro atoms. The van der Waals surface area contributed by atoms with Gasteiger partial charge in [-0.2, -0.15) is 5.10 Å². The van der Waals surface area contributed by atoms with E-state index < -0.39 is 0 Å². The Bertz CT molecular complexity index is 587. The van der Waals surface area contributed by atoms with Gasteiger partial charge in [-0.3, -0.25) is 4.68 Å². The maximum atomic E-state index is 6.04. The molecule has 2 aromatic rings. The molecular weight excluding hydrogens is 276 g/mol. The van der Waals surface area contributed by atoms with Crippen LogP contribution in [-0.4, -0.2) is 31.3 Å². The van der Waals surface area contributed by atoms with E-state index in [1.807, 2.05) is 7.05 Å². The number of rotatable bonds is 4. The third kappa shape index (κ3) is 3.90. The molecule has 2 aromatic heterocycles. The van der Waals surface area contributed by atoms with Gasteiger partial charge in [-0.05, 0) is 0 Å². The predicted molar refractivity (Wildman–Crippen MR) is 78.9 cm³/mol. The molecule has 0 fully saturated rings. The van der Waals surface area contributed by atoms with E-state index in [9.17, 15) is 0 Å². The van der Waals surface area contributed by atoms with Crippen LogP contribution in [-0.2, 0) is 18.9 Å². The topological polar surface area (TPSA) is 68.5 Å². The summed E-state index contributed by atoms with van der Waals surface area (Å²) in [6.07, 6.45) is 2.42. The second-order valence-corrected chi connectivity index (χ2v) is 6.05. The average Bonchev–Trinajstić information content (AvgIpc) is 2.73. The smallest absolute Gasteiger partial charge is 0.152 e. The summed E-state index contributed by atoms with van der Waals surface area (Å²) in [5.74, 6) is 2.26. The van der Waals surface area contributed by atoms with Crippen molar-refractivity contribution in [1.82, 2.24) is 24.7 Å². The number of nitrogens with zero attached hydrogens (tertiary/aromatic N) is 5. The van der Waals surface area contributed by atoms with E-state index in [-0.39, 0.29) is 5.41 Å². The third-order valence-corrected chi connectivity index (χ3v) is 2.86. The summed E-state index contributed by atoms with van der Waals surface area (Å²) in [7, 11) is 1.85. The fraction of sp³-hybridized carbons (Fsp3) is 0.538. The van der Waals surface area contributed by atoms with Crippen molar-refractivity contribution in [3.63, 3.8) is 0 Å². The first-order chi connectivity index (χ1) is 9.34. The molecule has 0 bridgehead atoms. The van der Waals surface area contributed by atoms with Crippen molar-refractivity contribution in [2.75, 3.05) is 11.9 Å². The fourth-order valence-corrected chi connectivity index (χ4v) is 1.83. The lowest BCUT2D eigenvalue weighted by Gasteiger charge is -2.17. The molecular formula is C13H19ClN6. The van der Waals surface area contributed by atoms with Gasteiger partial charge in [0.15, 0.2) is 5.82 Å². The maximum absolute atomic E-state index is 6.04. The zero-order chi connectivity index (χ0) is 14.8. The minimum Gasteiger partial charge on any atom is -0.369 e. The van der Waals surface area contributed by atoms with Gasteiger partial charge >= 0.3 is 0 Å². The molecule has 0 unspecified atom stereocenters. The lowest BCUT2D eigenvalue weighted by Crippen LogP contribution is -2.18. The Balaban J connectivity index is 2.00. The standard InChI is InChI=1S/C13H19ClN6/c1-13(2,3)12-17-9(14)7-11(18-12)15-6-5-10-16-8-20(4)19-10/h7-8H,5-6H2,1-4H3,(H,15,17,18). The largest absolute Gasteiger partial charge is 0.369 e. The van der Waals surface area contributed by atoms with E-state index >= 15 is 0 Å². The van der Waals surface area contributed by atoms with Gasteiger partial charge in [-0.25, -0.2) is 15.0 Å². The highest BCUT2D eigenvalue weighted by atomic mass is 35.5. The van der Waals surface area contributed by atoms with Crippen molar-refractivity contribution in [1.29, 1.82) is 0 Å². The van der Waals surface area contributed by atoms with E-state index in [1.54, 1.807) is 17.1 Å². The quantitative estimate of drug-likeness (QED) is 0.876. The average molecular weight is 295 g/mol. The van der Waals surface area contributed by atoms with Crippen molar-refractivity contribution in [2.45, 2.75) is 32.6 Å². The Morgan fingerprint density at radius 3 is 2.65 bits per heavy atom. The third-order valence-electron chi connectivity index (χ3n) is 2.67. The van der Waals surface area contributed by atoms with Crippen LogP contribution in [0.3, 0.4) is 0 Å². The number of hydrogen-bond acceptors (Lipinski definition) is 5. The monoisotopic (exact) mass is 294 g/mol. The van der Waals surface area contributed by atoms with Gasteiger partial charge in [-0.15, -0.1) is 0 Å². The second-order valence-electron chi connectivity index (χ2n) is 5.66. The molecule has 0 saturated heterocycles. The van der Waals surface area contributed by atoms with Gasteiger partial charge in [0.05, 0.1) is 0 Å². The second kappa shape index (κ2) is 5.75. The Hall–Kier alpha value is -1.69. The maximum Gasteiger partial charge on any atom is 0.152 e. The van der Waals surface area contributed by atoms with Crippen LogP contribution in [0, 0.1) is 0 Å². The van der Waals surface area contributed by atoms with Crippen molar-refractivity contribution in [2.24, 2.45) is 7.05 Å². The Morgan fingerprint density at radius 1 is 1.30 bits per heavy atom. The van der Waals surface area contributed by atoms with Crippen LogP contribution < -0.4 is 5.32 Å². The number of nitrogens with one attached hydrogen (secondary N) is 1. The first-order valence-corrected chi connectivity index (χ1v) is 6.86. The molecule has 6 nitrogen and oxygen atoms in total. The van der Waals surface area contributed by atoms with Gasteiger partial charge in [0, 0.05) is 31.5 Å². The van der Waals surface area contributed by atoms with Gasteiger partial charge in [0.25, 0.3) is 0 Å². The highest BCUT2D eigenvalue weighted by Crippen LogP contribution is 2.22. The van der Waals surface area contributed by atoms with Crippen LogP contribution in [0.25, 0.3) is 0 Å². The molecule has 0 atom stereocenters. The lowest BCUT2D eigenvalue weighted by atomic mass is 9.96. The van der Waals surface area contributed by atoms with Crippen molar-refractivity contribution < 1.29 is 0 Å².